The smallest absolute Gasteiger partial charge is 0.119 e. The zero-order chi connectivity index (χ0) is 17.4. The molecule has 1 saturated heterocycles. The lowest BCUT2D eigenvalue weighted by atomic mass is 9.48. The third-order valence-electron chi connectivity index (χ3n) is 7.84. The van der Waals surface area contributed by atoms with Crippen LogP contribution in [-0.4, -0.2) is 31.1 Å². The van der Waals surface area contributed by atoms with Crippen molar-refractivity contribution in [3.63, 3.8) is 0 Å². The summed E-state index contributed by atoms with van der Waals surface area (Å²) in [6.45, 7) is 4.64. The number of benzene rings is 1. The number of piperidine rings is 1. The van der Waals surface area contributed by atoms with Crippen LogP contribution >= 0.6 is 0 Å². The Morgan fingerprint density at radius 1 is 0.846 bits per heavy atom. The monoisotopic (exact) mass is 353 g/mol. The molecule has 0 amide bonds. The highest BCUT2D eigenvalue weighted by atomic mass is 16.5. The van der Waals surface area contributed by atoms with Gasteiger partial charge in [-0.3, -0.25) is 0 Å². The molecule has 2 heteroatoms. The fourth-order valence-corrected chi connectivity index (χ4v) is 7.03. The molecule has 0 radical (unpaired) electrons. The van der Waals surface area contributed by atoms with Crippen LogP contribution in [0.15, 0.2) is 24.3 Å². The van der Waals surface area contributed by atoms with Gasteiger partial charge < -0.3 is 9.64 Å². The summed E-state index contributed by atoms with van der Waals surface area (Å²) in [5.41, 5.74) is 2.12. The summed E-state index contributed by atoms with van der Waals surface area (Å²) < 4.78 is 6.04. The van der Waals surface area contributed by atoms with Gasteiger partial charge in [0.1, 0.15) is 5.75 Å². The molecule has 0 N–H and O–H groups in total. The third-order valence-corrected chi connectivity index (χ3v) is 7.84. The van der Waals surface area contributed by atoms with Crippen molar-refractivity contribution in [2.24, 2.45) is 17.8 Å². The first-order valence-electron chi connectivity index (χ1n) is 11.2. The van der Waals surface area contributed by atoms with Crippen LogP contribution < -0.4 is 4.74 Å². The highest BCUT2D eigenvalue weighted by Crippen LogP contribution is 2.60. The Bertz CT molecular complexity index is 566. The fraction of sp³-hybridized carbons (Fsp3) is 0.750. The Balaban J connectivity index is 1.15. The minimum absolute atomic E-state index is 0.515. The molecule has 26 heavy (non-hydrogen) atoms. The van der Waals surface area contributed by atoms with Gasteiger partial charge in [0, 0.05) is 6.54 Å². The van der Waals surface area contributed by atoms with E-state index >= 15 is 0 Å². The largest absolute Gasteiger partial charge is 0.494 e. The second-order valence-electron chi connectivity index (χ2n) is 9.83. The van der Waals surface area contributed by atoms with Gasteiger partial charge in [-0.2, -0.15) is 0 Å². The lowest BCUT2D eigenvalue weighted by Crippen LogP contribution is -2.48. The molecular formula is C24H35NO. The number of hydrogen-bond acceptors (Lipinski definition) is 2. The molecule has 4 saturated carbocycles. The van der Waals surface area contributed by atoms with E-state index in [1.54, 1.807) is 5.56 Å². The first-order valence-corrected chi connectivity index (χ1v) is 11.2. The van der Waals surface area contributed by atoms with Crippen molar-refractivity contribution >= 4 is 0 Å². The average molecular weight is 354 g/mol. The summed E-state index contributed by atoms with van der Waals surface area (Å²) >= 11 is 0. The van der Waals surface area contributed by atoms with E-state index in [0.29, 0.717) is 5.41 Å². The third kappa shape index (κ3) is 3.42. The summed E-state index contributed by atoms with van der Waals surface area (Å²) in [5, 5.41) is 0. The Morgan fingerprint density at radius 3 is 2.08 bits per heavy atom. The molecule has 1 aromatic rings. The van der Waals surface area contributed by atoms with Crippen molar-refractivity contribution in [3.8, 4) is 5.75 Å². The molecule has 1 heterocycles. The van der Waals surface area contributed by atoms with Gasteiger partial charge in [0.15, 0.2) is 0 Å². The van der Waals surface area contributed by atoms with Gasteiger partial charge in [-0.1, -0.05) is 18.6 Å². The summed E-state index contributed by atoms with van der Waals surface area (Å²) in [5.74, 6) is 4.13. The van der Waals surface area contributed by atoms with E-state index in [2.05, 4.69) is 29.2 Å². The Hall–Kier alpha value is -1.02. The molecule has 5 aliphatic rings. The number of nitrogens with zero attached hydrogens (tertiary/aromatic N) is 1. The van der Waals surface area contributed by atoms with E-state index < -0.39 is 0 Å². The maximum absolute atomic E-state index is 6.04. The Morgan fingerprint density at radius 2 is 1.46 bits per heavy atom. The highest BCUT2D eigenvalue weighted by molar-refractivity contribution is 5.34. The van der Waals surface area contributed by atoms with Crippen LogP contribution in [0.5, 0.6) is 5.75 Å². The molecule has 0 atom stereocenters. The van der Waals surface area contributed by atoms with Gasteiger partial charge in [0.05, 0.1) is 6.61 Å². The molecule has 0 spiro atoms. The van der Waals surface area contributed by atoms with Crippen LogP contribution in [-0.2, 0) is 5.41 Å². The lowest BCUT2D eigenvalue weighted by Gasteiger charge is -2.57. The van der Waals surface area contributed by atoms with Crippen LogP contribution in [0.1, 0.15) is 69.8 Å². The Kier molecular flexibility index (Phi) is 4.73. The molecule has 0 unspecified atom stereocenters. The Labute approximate surface area is 159 Å². The summed E-state index contributed by atoms with van der Waals surface area (Å²) in [6, 6.07) is 9.28. The van der Waals surface area contributed by atoms with Gasteiger partial charge in [-0.15, -0.1) is 0 Å². The lowest BCUT2D eigenvalue weighted by molar-refractivity contribution is -0.00520. The minimum Gasteiger partial charge on any atom is -0.494 e. The number of rotatable bonds is 6. The van der Waals surface area contributed by atoms with Crippen LogP contribution in [0, 0.1) is 17.8 Å². The molecule has 4 aliphatic carbocycles. The van der Waals surface area contributed by atoms with Crippen LogP contribution in [0.25, 0.3) is 0 Å². The van der Waals surface area contributed by atoms with Crippen LogP contribution in [0.3, 0.4) is 0 Å². The molecule has 4 bridgehead atoms. The quantitative estimate of drug-likeness (QED) is 0.634. The number of likely N-dealkylation sites (tertiary alicyclic amines) is 1. The van der Waals surface area contributed by atoms with Crippen molar-refractivity contribution in [1.29, 1.82) is 0 Å². The highest BCUT2D eigenvalue weighted by Gasteiger charge is 2.51. The van der Waals surface area contributed by atoms with E-state index in [1.807, 2.05) is 0 Å². The van der Waals surface area contributed by atoms with E-state index in [4.69, 9.17) is 4.74 Å². The predicted octanol–water partition coefficient (Wildman–Crippen LogP) is 5.41. The number of ether oxygens (including phenoxy) is 1. The van der Waals surface area contributed by atoms with Gasteiger partial charge in [-0.25, -0.2) is 0 Å². The molecule has 142 valence electrons. The fourth-order valence-electron chi connectivity index (χ4n) is 7.03. The molecule has 1 aliphatic heterocycles. The van der Waals surface area contributed by atoms with Crippen molar-refractivity contribution in [1.82, 2.24) is 4.90 Å². The van der Waals surface area contributed by atoms with Crippen LogP contribution in [0.2, 0.25) is 0 Å². The molecule has 6 rings (SSSR count). The molecule has 0 aromatic heterocycles. The topological polar surface area (TPSA) is 12.5 Å². The van der Waals surface area contributed by atoms with Crippen molar-refractivity contribution in [2.45, 2.75) is 69.6 Å². The summed E-state index contributed by atoms with van der Waals surface area (Å²) in [6.07, 6.45) is 14.3. The van der Waals surface area contributed by atoms with Gasteiger partial charge >= 0.3 is 0 Å². The first kappa shape index (κ1) is 17.1. The van der Waals surface area contributed by atoms with Crippen molar-refractivity contribution < 1.29 is 4.74 Å². The van der Waals surface area contributed by atoms with E-state index in [9.17, 15) is 0 Å². The minimum atomic E-state index is 0.515. The van der Waals surface area contributed by atoms with E-state index in [0.717, 1.165) is 36.5 Å². The molecule has 5 fully saturated rings. The predicted molar refractivity (Wildman–Crippen MR) is 107 cm³/mol. The van der Waals surface area contributed by atoms with Crippen molar-refractivity contribution in [2.75, 3.05) is 26.2 Å². The molecule has 1 aromatic carbocycles. The maximum atomic E-state index is 6.04. The van der Waals surface area contributed by atoms with E-state index in [-0.39, 0.29) is 0 Å². The van der Waals surface area contributed by atoms with Crippen LogP contribution in [0.4, 0.5) is 0 Å². The average Bonchev–Trinajstić information content (AvgIpc) is 2.65. The second-order valence-corrected chi connectivity index (χ2v) is 9.83. The standard InChI is InChI=1S/C24H35NO/c1-2-9-25(10-3-1)11-4-12-26-23-7-5-22(6-8-23)24-16-19-13-20(17-24)15-21(14-19)18-24/h5-8,19-21H,1-4,9-18H2. The van der Waals surface area contributed by atoms with E-state index in [1.165, 1.54) is 77.4 Å². The normalized spacial score (nSPS) is 36.4. The summed E-state index contributed by atoms with van der Waals surface area (Å²) in [7, 11) is 0. The maximum Gasteiger partial charge on any atom is 0.119 e. The van der Waals surface area contributed by atoms with Gasteiger partial charge in [0.25, 0.3) is 0 Å². The SMILES string of the molecule is c1cc(C23CC4CC(CC(C4)C2)C3)ccc1OCCCN1CCCCC1. The molecular weight excluding hydrogens is 318 g/mol. The summed E-state index contributed by atoms with van der Waals surface area (Å²) in [4.78, 5) is 2.60. The second kappa shape index (κ2) is 7.19. The zero-order valence-corrected chi connectivity index (χ0v) is 16.3. The zero-order valence-electron chi connectivity index (χ0n) is 16.3. The number of hydrogen-bond donors (Lipinski definition) is 0. The van der Waals surface area contributed by atoms with Crippen molar-refractivity contribution in [3.05, 3.63) is 29.8 Å². The van der Waals surface area contributed by atoms with Gasteiger partial charge in [-0.05, 0) is 112 Å². The molecule has 2 nitrogen and oxygen atoms in total. The first-order chi connectivity index (χ1) is 12.8. The van der Waals surface area contributed by atoms with Gasteiger partial charge in [0.2, 0.25) is 0 Å².